The molecule has 3 nitrogen and oxygen atoms in total. The Morgan fingerprint density at radius 3 is 3.08 bits per heavy atom. The van der Waals surface area contributed by atoms with E-state index in [9.17, 15) is 4.79 Å². The Labute approximate surface area is 78.8 Å². The van der Waals surface area contributed by atoms with Gasteiger partial charge in [0.2, 0.25) is 0 Å². The zero-order valence-corrected chi connectivity index (χ0v) is 8.03. The van der Waals surface area contributed by atoms with E-state index < -0.39 is 0 Å². The first-order valence-corrected chi connectivity index (χ1v) is 5.17. The van der Waals surface area contributed by atoms with Gasteiger partial charge in [0, 0.05) is 0 Å². The first kappa shape index (κ1) is 9.16. The Morgan fingerprint density at radius 2 is 2.31 bits per heavy atom. The second-order valence-electron chi connectivity index (χ2n) is 4.35. The van der Waals surface area contributed by atoms with E-state index in [1.807, 2.05) is 0 Å². The zero-order chi connectivity index (χ0) is 9.26. The summed E-state index contributed by atoms with van der Waals surface area (Å²) in [5.41, 5.74) is 2.83. The third kappa shape index (κ3) is 1.76. The van der Waals surface area contributed by atoms with Crippen LogP contribution in [0.2, 0.25) is 0 Å². The van der Waals surface area contributed by atoms with Crippen LogP contribution in [-0.4, -0.2) is 18.4 Å². The molecule has 0 bridgehead atoms. The maximum atomic E-state index is 10.6. The smallest absolute Gasteiger partial charge is 0.139 e. The predicted molar refractivity (Wildman–Crippen MR) is 49.0 cm³/mol. The molecule has 1 saturated carbocycles. The van der Waals surface area contributed by atoms with Gasteiger partial charge in [0.1, 0.15) is 6.29 Å². The molecule has 2 rings (SSSR count). The van der Waals surface area contributed by atoms with Crippen LogP contribution in [0.5, 0.6) is 0 Å². The summed E-state index contributed by atoms with van der Waals surface area (Å²) in [5, 5.41) is 0. The van der Waals surface area contributed by atoms with Crippen LogP contribution in [0.15, 0.2) is 0 Å². The van der Waals surface area contributed by atoms with Crippen LogP contribution < -0.4 is 5.48 Å². The third-order valence-electron chi connectivity index (χ3n) is 3.34. The summed E-state index contributed by atoms with van der Waals surface area (Å²) in [4.78, 5) is 16.1. The fourth-order valence-electron chi connectivity index (χ4n) is 2.58. The van der Waals surface area contributed by atoms with Gasteiger partial charge in [-0.1, -0.05) is 13.3 Å². The highest BCUT2D eigenvalue weighted by atomic mass is 16.7. The maximum Gasteiger partial charge on any atom is 0.139 e. The second-order valence-corrected chi connectivity index (χ2v) is 4.35. The van der Waals surface area contributed by atoms with E-state index in [1.165, 1.54) is 19.3 Å². The second kappa shape index (κ2) is 3.76. The Hall–Kier alpha value is -0.410. The standard InChI is InChI=1S/C10H17NO2/c1-7-3-2-4-8-5-9(6-12)11-13-10(7)8/h6-11H,2-5H2,1H3. The van der Waals surface area contributed by atoms with Gasteiger partial charge in [-0.3, -0.25) is 4.84 Å². The summed E-state index contributed by atoms with van der Waals surface area (Å²) in [7, 11) is 0. The quantitative estimate of drug-likeness (QED) is 0.622. The van der Waals surface area contributed by atoms with Gasteiger partial charge in [-0.05, 0) is 31.1 Å². The Bertz CT molecular complexity index is 195. The highest BCUT2D eigenvalue weighted by molar-refractivity contribution is 5.57. The lowest BCUT2D eigenvalue weighted by Gasteiger charge is -2.41. The van der Waals surface area contributed by atoms with E-state index in [0.29, 0.717) is 17.9 Å². The van der Waals surface area contributed by atoms with Crippen molar-refractivity contribution in [2.75, 3.05) is 0 Å². The molecule has 4 atom stereocenters. The fraction of sp³-hybridized carbons (Fsp3) is 0.900. The molecule has 1 aliphatic heterocycles. The molecule has 0 aromatic heterocycles. The summed E-state index contributed by atoms with van der Waals surface area (Å²) in [5.74, 6) is 1.24. The number of hydrogen-bond acceptors (Lipinski definition) is 3. The number of carbonyl (C=O) groups excluding carboxylic acids is 1. The van der Waals surface area contributed by atoms with Gasteiger partial charge in [-0.25, -0.2) is 0 Å². The highest BCUT2D eigenvalue weighted by Gasteiger charge is 2.37. The van der Waals surface area contributed by atoms with Crippen LogP contribution >= 0.6 is 0 Å². The summed E-state index contributed by atoms with van der Waals surface area (Å²) in [6.07, 6.45) is 6.02. The average molecular weight is 183 g/mol. The number of rotatable bonds is 1. The molecule has 1 saturated heterocycles. The van der Waals surface area contributed by atoms with Crippen molar-refractivity contribution in [2.24, 2.45) is 11.8 Å². The average Bonchev–Trinajstić information content (AvgIpc) is 2.18. The van der Waals surface area contributed by atoms with Crippen LogP contribution in [0.25, 0.3) is 0 Å². The van der Waals surface area contributed by atoms with E-state index in [0.717, 1.165) is 12.7 Å². The number of hydroxylamine groups is 1. The topological polar surface area (TPSA) is 38.3 Å². The van der Waals surface area contributed by atoms with Crippen molar-refractivity contribution < 1.29 is 9.63 Å². The molecular weight excluding hydrogens is 166 g/mol. The van der Waals surface area contributed by atoms with Gasteiger partial charge in [0.15, 0.2) is 0 Å². The van der Waals surface area contributed by atoms with Crippen molar-refractivity contribution in [3.8, 4) is 0 Å². The minimum absolute atomic E-state index is 0.0773. The maximum absolute atomic E-state index is 10.6. The van der Waals surface area contributed by atoms with Crippen molar-refractivity contribution in [1.29, 1.82) is 0 Å². The molecule has 1 aliphatic carbocycles. The fourth-order valence-corrected chi connectivity index (χ4v) is 2.58. The van der Waals surface area contributed by atoms with Crippen molar-refractivity contribution in [3.63, 3.8) is 0 Å². The molecule has 0 aromatic carbocycles. The van der Waals surface area contributed by atoms with E-state index in [4.69, 9.17) is 4.84 Å². The SMILES string of the molecule is CC1CCCC2CC(C=O)NOC12. The minimum Gasteiger partial charge on any atom is -0.302 e. The van der Waals surface area contributed by atoms with Gasteiger partial charge in [0.25, 0.3) is 0 Å². The third-order valence-corrected chi connectivity index (χ3v) is 3.34. The first-order valence-electron chi connectivity index (χ1n) is 5.17. The van der Waals surface area contributed by atoms with Crippen LogP contribution in [0.3, 0.4) is 0 Å². The van der Waals surface area contributed by atoms with Gasteiger partial charge in [0.05, 0.1) is 12.1 Å². The Morgan fingerprint density at radius 1 is 1.46 bits per heavy atom. The minimum atomic E-state index is -0.0773. The Balaban J connectivity index is 1.99. The van der Waals surface area contributed by atoms with E-state index >= 15 is 0 Å². The van der Waals surface area contributed by atoms with E-state index in [1.54, 1.807) is 0 Å². The molecule has 0 radical (unpaired) electrons. The molecule has 0 spiro atoms. The lowest BCUT2D eigenvalue weighted by Crippen LogP contribution is -2.49. The van der Waals surface area contributed by atoms with Crippen molar-refractivity contribution in [3.05, 3.63) is 0 Å². The van der Waals surface area contributed by atoms with Gasteiger partial charge < -0.3 is 4.79 Å². The molecule has 1 N–H and O–H groups in total. The highest BCUT2D eigenvalue weighted by Crippen LogP contribution is 2.35. The van der Waals surface area contributed by atoms with Crippen LogP contribution in [-0.2, 0) is 9.63 Å². The molecule has 0 aromatic rings. The van der Waals surface area contributed by atoms with Crippen LogP contribution in [0.1, 0.15) is 32.6 Å². The predicted octanol–water partition coefficient (Wildman–Crippen LogP) is 1.28. The lowest BCUT2D eigenvalue weighted by molar-refractivity contribution is -0.152. The lowest BCUT2D eigenvalue weighted by atomic mass is 9.76. The molecule has 4 unspecified atom stereocenters. The summed E-state index contributed by atoms with van der Waals surface area (Å²) < 4.78 is 0. The number of carbonyl (C=O) groups is 1. The van der Waals surface area contributed by atoms with E-state index in [-0.39, 0.29) is 6.04 Å². The van der Waals surface area contributed by atoms with Crippen molar-refractivity contribution in [1.82, 2.24) is 5.48 Å². The molecule has 2 fully saturated rings. The molecule has 1 heterocycles. The van der Waals surface area contributed by atoms with Crippen LogP contribution in [0.4, 0.5) is 0 Å². The zero-order valence-electron chi connectivity index (χ0n) is 8.03. The first-order chi connectivity index (χ1) is 6.31. The molecule has 0 amide bonds. The van der Waals surface area contributed by atoms with Crippen LogP contribution in [0, 0.1) is 11.8 Å². The molecule has 3 heteroatoms. The Kier molecular flexibility index (Phi) is 2.65. The molecule has 13 heavy (non-hydrogen) atoms. The van der Waals surface area contributed by atoms with E-state index in [2.05, 4.69) is 12.4 Å². The number of fused-ring (bicyclic) bond motifs is 1. The summed E-state index contributed by atoms with van der Waals surface area (Å²) >= 11 is 0. The molecule has 2 aliphatic rings. The molecule has 74 valence electrons. The summed E-state index contributed by atoms with van der Waals surface area (Å²) in [6.45, 7) is 2.24. The van der Waals surface area contributed by atoms with Gasteiger partial charge >= 0.3 is 0 Å². The summed E-state index contributed by atoms with van der Waals surface area (Å²) in [6, 6.07) is -0.0773. The normalized spacial score (nSPS) is 45.3. The largest absolute Gasteiger partial charge is 0.302 e. The van der Waals surface area contributed by atoms with Gasteiger partial charge in [-0.15, -0.1) is 0 Å². The van der Waals surface area contributed by atoms with Crippen molar-refractivity contribution in [2.45, 2.75) is 44.8 Å². The number of nitrogens with one attached hydrogen (secondary N) is 1. The number of hydrogen-bond donors (Lipinski definition) is 1. The monoisotopic (exact) mass is 183 g/mol. The van der Waals surface area contributed by atoms with Gasteiger partial charge in [-0.2, -0.15) is 5.48 Å². The number of aldehydes is 1. The molecular formula is C10H17NO2. The van der Waals surface area contributed by atoms with Crippen molar-refractivity contribution >= 4 is 6.29 Å².